The van der Waals surface area contributed by atoms with Crippen LogP contribution in [0.2, 0.25) is 0 Å². The van der Waals surface area contributed by atoms with Gasteiger partial charge in [-0.25, -0.2) is 0 Å². The zero-order chi connectivity index (χ0) is 30.5. The summed E-state index contributed by atoms with van der Waals surface area (Å²) in [5, 5.41) is 7.95. The second kappa shape index (κ2) is 12.5. The fourth-order valence-electron chi connectivity index (χ4n) is 2.22. The van der Waals surface area contributed by atoms with E-state index in [0.29, 0.717) is 0 Å². The number of hydrogen-bond acceptors (Lipinski definition) is 5. The van der Waals surface area contributed by atoms with Crippen LogP contribution in [-0.2, 0) is 18.9 Å². The van der Waals surface area contributed by atoms with E-state index in [9.17, 15) is 70.2 Å². The van der Waals surface area contributed by atoms with E-state index in [1.165, 1.54) is 7.11 Å². The molecule has 1 N–H and O–H groups in total. The molecule has 230 valence electrons. The van der Waals surface area contributed by atoms with Gasteiger partial charge in [0, 0.05) is 7.11 Å². The fourth-order valence-corrected chi connectivity index (χ4v) is 2.22. The molecule has 0 unspecified atom stereocenters. The smallest absolute Gasteiger partial charge is 0.385 e. The minimum atomic E-state index is -8.52. The van der Waals surface area contributed by atoms with E-state index >= 15 is 0 Å². The van der Waals surface area contributed by atoms with E-state index < -0.39 is 73.8 Å². The molecule has 0 aromatic heterocycles. The summed E-state index contributed by atoms with van der Waals surface area (Å²) in [6.07, 6.45) is 0. The zero-order valence-electron chi connectivity index (χ0n) is 18.8. The molecule has 0 radical (unpaired) electrons. The van der Waals surface area contributed by atoms with Gasteiger partial charge in [-0.05, 0) is 0 Å². The van der Waals surface area contributed by atoms with Crippen molar-refractivity contribution in [1.82, 2.24) is 0 Å². The summed E-state index contributed by atoms with van der Waals surface area (Å²) in [7, 11) is 1.34. The Bertz CT molecular complexity index is 731. The van der Waals surface area contributed by atoms with Crippen molar-refractivity contribution in [1.29, 1.82) is 0 Å². The number of ether oxygens (including phenoxy) is 4. The highest BCUT2D eigenvalue weighted by atomic mass is 19.4. The lowest BCUT2D eigenvalue weighted by Gasteiger charge is -2.43. The van der Waals surface area contributed by atoms with Crippen molar-refractivity contribution in [2.24, 2.45) is 0 Å². The van der Waals surface area contributed by atoms with Gasteiger partial charge in [-0.3, -0.25) is 0 Å². The third-order valence-corrected chi connectivity index (χ3v) is 4.55. The Kier molecular flexibility index (Phi) is 12.0. The Labute approximate surface area is 202 Å². The molecule has 0 spiro atoms. The highest BCUT2D eigenvalue weighted by Gasteiger charge is 2.94. The Morgan fingerprint density at radius 1 is 0.421 bits per heavy atom. The van der Waals surface area contributed by atoms with Gasteiger partial charge in [0.1, 0.15) is 13.2 Å². The van der Waals surface area contributed by atoms with Crippen LogP contribution in [0.25, 0.3) is 0 Å². The first-order valence-corrected chi connectivity index (χ1v) is 9.73. The van der Waals surface area contributed by atoms with E-state index in [1.54, 1.807) is 0 Å². The van der Waals surface area contributed by atoms with Crippen LogP contribution in [0.1, 0.15) is 0 Å². The lowest BCUT2D eigenvalue weighted by molar-refractivity contribution is -0.455. The molecule has 0 saturated heterocycles. The second-order valence-corrected chi connectivity index (χ2v) is 7.28. The van der Waals surface area contributed by atoms with Crippen molar-refractivity contribution in [3.05, 3.63) is 0 Å². The van der Waals surface area contributed by atoms with Gasteiger partial charge in [-0.1, -0.05) is 0 Å². The number of hydrogen-bond donors (Lipinski definition) is 1. The quantitative estimate of drug-likeness (QED) is 0.170. The number of alkyl halides is 16. The van der Waals surface area contributed by atoms with Crippen molar-refractivity contribution in [3.63, 3.8) is 0 Å². The van der Waals surface area contributed by atoms with Crippen molar-refractivity contribution in [2.75, 3.05) is 60.0 Å². The van der Waals surface area contributed by atoms with Crippen LogP contribution in [0.15, 0.2) is 0 Å². The molecule has 0 aliphatic heterocycles. The van der Waals surface area contributed by atoms with Gasteiger partial charge in [0.25, 0.3) is 0 Å². The topological polar surface area (TPSA) is 57.2 Å². The minimum absolute atomic E-state index is 0.100. The molecule has 0 saturated carbocycles. The van der Waals surface area contributed by atoms with Crippen LogP contribution in [-0.4, -0.2) is 112 Å². The lowest BCUT2D eigenvalue weighted by Crippen LogP contribution is -2.75. The van der Waals surface area contributed by atoms with Crippen molar-refractivity contribution in [2.45, 2.75) is 47.4 Å². The average molecular weight is 608 g/mol. The van der Waals surface area contributed by atoms with Gasteiger partial charge in [0.15, 0.2) is 0 Å². The van der Waals surface area contributed by atoms with E-state index in [-0.39, 0.29) is 26.4 Å². The predicted molar refractivity (Wildman–Crippen MR) is 91.0 cm³/mol. The summed E-state index contributed by atoms with van der Waals surface area (Å²) >= 11 is 0. The molecule has 0 amide bonds. The van der Waals surface area contributed by atoms with E-state index in [0.717, 1.165) is 0 Å². The van der Waals surface area contributed by atoms with Crippen molar-refractivity contribution >= 4 is 0 Å². The normalized spacial score (nSPS) is 15.3. The third kappa shape index (κ3) is 6.52. The Morgan fingerprint density at radius 3 is 1.05 bits per heavy atom. The molecule has 38 heavy (non-hydrogen) atoms. The molecule has 0 aliphatic rings. The summed E-state index contributed by atoms with van der Waals surface area (Å²) in [4.78, 5) is 0. The van der Waals surface area contributed by atoms with Crippen LogP contribution in [0.3, 0.4) is 0 Å². The van der Waals surface area contributed by atoms with Crippen LogP contribution in [0.4, 0.5) is 70.2 Å². The summed E-state index contributed by atoms with van der Waals surface area (Å²) in [6, 6.07) is 0. The number of methoxy groups -OCH3 is 1. The van der Waals surface area contributed by atoms with E-state index in [1.807, 2.05) is 0 Å². The minimum Gasteiger partial charge on any atom is -0.390 e. The molecule has 0 aromatic rings. The highest BCUT2D eigenvalue weighted by Crippen LogP contribution is 2.63. The molecule has 0 atom stereocenters. The molecule has 0 aliphatic carbocycles. The van der Waals surface area contributed by atoms with Crippen LogP contribution in [0, 0.1) is 0 Å². The van der Waals surface area contributed by atoms with E-state index in [2.05, 4.69) is 14.2 Å². The monoisotopic (exact) mass is 608 g/mol. The second-order valence-electron chi connectivity index (χ2n) is 7.28. The van der Waals surface area contributed by atoms with Crippen LogP contribution < -0.4 is 0 Å². The van der Waals surface area contributed by atoms with Gasteiger partial charge < -0.3 is 24.1 Å². The lowest BCUT2D eigenvalue weighted by atomic mass is 9.88. The predicted octanol–water partition coefficient (Wildman–Crippen LogP) is 4.76. The van der Waals surface area contributed by atoms with Crippen LogP contribution >= 0.6 is 0 Å². The van der Waals surface area contributed by atoms with Crippen molar-refractivity contribution in [3.8, 4) is 0 Å². The number of rotatable bonds is 19. The first-order chi connectivity index (χ1) is 16.9. The molecule has 0 rings (SSSR count). The zero-order valence-corrected chi connectivity index (χ0v) is 18.8. The largest absolute Gasteiger partial charge is 0.390 e. The molecule has 5 nitrogen and oxygen atoms in total. The Morgan fingerprint density at radius 2 is 0.711 bits per heavy atom. The maximum absolute atomic E-state index is 13.7. The number of aliphatic hydroxyl groups is 1. The summed E-state index contributed by atoms with van der Waals surface area (Å²) in [6.45, 7) is -8.29. The first-order valence-electron chi connectivity index (χ1n) is 9.73. The van der Waals surface area contributed by atoms with Crippen molar-refractivity contribution < 1.29 is 94.3 Å². The van der Waals surface area contributed by atoms with Gasteiger partial charge in [0.05, 0.1) is 39.6 Å². The van der Waals surface area contributed by atoms with Gasteiger partial charge in [-0.15, -0.1) is 0 Å². The maximum Gasteiger partial charge on any atom is 0.385 e. The highest BCUT2D eigenvalue weighted by molar-refractivity contribution is 5.15. The molecule has 0 heterocycles. The Balaban J connectivity index is 5.66. The molecule has 0 aromatic carbocycles. The molecular formula is C17H20F16O5. The average Bonchev–Trinajstić information content (AvgIpc) is 2.79. The van der Waals surface area contributed by atoms with Gasteiger partial charge in [-0.2, -0.15) is 70.2 Å². The third-order valence-electron chi connectivity index (χ3n) is 4.55. The van der Waals surface area contributed by atoms with Gasteiger partial charge >= 0.3 is 47.4 Å². The molecule has 21 heteroatoms. The summed E-state index contributed by atoms with van der Waals surface area (Å²) < 4.78 is 233. The number of aliphatic hydroxyl groups excluding tert-OH is 1. The molecular weight excluding hydrogens is 588 g/mol. The summed E-state index contributed by atoms with van der Waals surface area (Å²) in [5.41, 5.74) is 0. The van der Waals surface area contributed by atoms with E-state index in [4.69, 9.17) is 9.84 Å². The standard InChI is InChI=1S/C17H20F16O5/c1-35-2-3-36-4-5-37-6-7-38-9-11(20,21)13(24,25)15(28,29)17(32,33)16(30,31)14(26,27)12(22,23)10(18,19)8-34/h34H,2-9H2,1H3. The Hall–Kier alpha value is -1.32. The molecule has 0 fully saturated rings. The van der Waals surface area contributed by atoms with Crippen LogP contribution in [0.5, 0.6) is 0 Å². The first kappa shape index (κ1) is 36.7. The maximum atomic E-state index is 13.7. The SMILES string of the molecule is COCCOCCOCCOCC(F)(F)C(F)(F)C(F)(F)C(F)(F)C(F)(F)C(F)(F)C(F)(F)C(F)(F)CO. The van der Waals surface area contributed by atoms with Gasteiger partial charge in [0.2, 0.25) is 0 Å². The summed E-state index contributed by atoms with van der Waals surface area (Å²) in [5.74, 6) is -62.3. The number of halogens is 16. The fraction of sp³-hybridized carbons (Fsp3) is 1.00. The molecule has 0 bridgehead atoms.